The molecule has 2 saturated heterocycles. The van der Waals surface area contributed by atoms with Gasteiger partial charge in [-0.15, -0.1) is 0 Å². The second-order valence-electron chi connectivity index (χ2n) is 6.51. The van der Waals surface area contributed by atoms with Crippen LogP contribution in [0.1, 0.15) is 31.7 Å². The normalized spacial score (nSPS) is 25.5. The summed E-state index contributed by atoms with van der Waals surface area (Å²) < 4.78 is 0. The lowest BCUT2D eigenvalue weighted by molar-refractivity contribution is -0.133. The van der Waals surface area contributed by atoms with E-state index < -0.39 is 5.54 Å². The predicted octanol–water partition coefficient (Wildman–Crippen LogP) is 2.40. The van der Waals surface area contributed by atoms with Crippen LogP contribution in [0, 0.1) is 5.92 Å². The minimum absolute atomic E-state index is 0.0698. The molecule has 2 N–H and O–H groups in total. The lowest BCUT2D eigenvalue weighted by Gasteiger charge is -2.37. The summed E-state index contributed by atoms with van der Waals surface area (Å²) in [5.74, 6) is 0.142. The summed E-state index contributed by atoms with van der Waals surface area (Å²) in [6.45, 7) is 4.11. The zero-order chi connectivity index (χ0) is 17.0. The van der Waals surface area contributed by atoms with Crippen molar-refractivity contribution in [3.63, 3.8) is 0 Å². The number of nitrogens with one attached hydrogen (secondary N) is 2. The number of rotatable bonds is 5. The molecule has 1 aromatic carbocycles. The molecule has 3 rings (SSSR count). The van der Waals surface area contributed by atoms with E-state index in [1.54, 1.807) is 0 Å². The Bertz CT molecular complexity index is 623. The third-order valence-corrected chi connectivity index (χ3v) is 5.19. The second-order valence-corrected chi connectivity index (χ2v) is 6.51. The van der Waals surface area contributed by atoms with Crippen LogP contribution in [0.25, 0.3) is 6.08 Å². The fourth-order valence-electron chi connectivity index (χ4n) is 3.79. The van der Waals surface area contributed by atoms with Crippen LogP contribution < -0.4 is 10.6 Å². The van der Waals surface area contributed by atoms with E-state index in [0.717, 1.165) is 31.5 Å². The van der Waals surface area contributed by atoms with Crippen molar-refractivity contribution in [2.75, 3.05) is 19.6 Å². The number of piperidine rings is 1. The van der Waals surface area contributed by atoms with Crippen LogP contribution in [0.3, 0.4) is 0 Å². The molecule has 0 saturated carbocycles. The Morgan fingerprint density at radius 3 is 2.58 bits per heavy atom. The average Bonchev–Trinajstić information content (AvgIpc) is 2.88. The Balaban J connectivity index is 1.72. The minimum Gasteiger partial charge on any atom is -0.323 e. The zero-order valence-corrected chi connectivity index (χ0v) is 14.1. The molecule has 0 spiro atoms. The standard InChI is InChI=1S/C19H25N3O2/c1-2-19(16-10-12-20-13-11-16)17(23)22(18(24)21-19)14-6-9-15-7-4-3-5-8-15/h3-9,16,20H,2,10-14H2,1H3,(H,21,24). The van der Waals surface area contributed by atoms with Crippen LogP contribution in [-0.2, 0) is 4.79 Å². The summed E-state index contributed by atoms with van der Waals surface area (Å²) in [4.78, 5) is 26.7. The van der Waals surface area contributed by atoms with Gasteiger partial charge >= 0.3 is 6.03 Å². The molecule has 2 aliphatic heterocycles. The van der Waals surface area contributed by atoms with Crippen LogP contribution in [0.15, 0.2) is 36.4 Å². The number of carbonyl (C=O) groups excluding carboxylic acids is 2. The van der Waals surface area contributed by atoms with Gasteiger partial charge in [0.1, 0.15) is 5.54 Å². The van der Waals surface area contributed by atoms with E-state index in [4.69, 9.17) is 0 Å². The maximum absolute atomic E-state index is 13.0. The Hall–Kier alpha value is -2.14. The van der Waals surface area contributed by atoms with Gasteiger partial charge in [0, 0.05) is 6.54 Å². The summed E-state index contributed by atoms with van der Waals surface area (Å²) >= 11 is 0. The van der Waals surface area contributed by atoms with Gasteiger partial charge in [-0.2, -0.15) is 0 Å². The van der Waals surface area contributed by atoms with Crippen LogP contribution in [0.5, 0.6) is 0 Å². The van der Waals surface area contributed by atoms with Gasteiger partial charge in [0.15, 0.2) is 0 Å². The number of benzene rings is 1. The van der Waals surface area contributed by atoms with Gasteiger partial charge in [-0.1, -0.05) is 49.4 Å². The SMILES string of the molecule is CCC1(C2CCNCC2)NC(=O)N(CC=Cc2ccccc2)C1=O. The zero-order valence-electron chi connectivity index (χ0n) is 14.1. The summed E-state index contributed by atoms with van der Waals surface area (Å²) in [6, 6.07) is 9.61. The number of imide groups is 1. The monoisotopic (exact) mass is 327 g/mol. The summed E-state index contributed by atoms with van der Waals surface area (Å²) in [5, 5.41) is 6.33. The van der Waals surface area contributed by atoms with E-state index in [1.807, 2.05) is 49.4 Å². The quantitative estimate of drug-likeness (QED) is 0.817. The maximum Gasteiger partial charge on any atom is 0.325 e. The van der Waals surface area contributed by atoms with E-state index in [2.05, 4.69) is 10.6 Å². The number of nitrogens with zero attached hydrogens (tertiary/aromatic N) is 1. The smallest absolute Gasteiger partial charge is 0.323 e. The number of amides is 3. The molecule has 128 valence electrons. The van der Waals surface area contributed by atoms with Gasteiger partial charge in [-0.05, 0) is 43.8 Å². The number of urea groups is 1. The fourth-order valence-corrected chi connectivity index (χ4v) is 3.79. The molecule has 0 radical (unpaired) electrons. The molecular weight excluding hydrogens is 302 g/mol. The van der Waals surface area contributed by atoms with Crippen LogP contribution in [0.2, 0.25) is 0 Å². The van der Waals surface area contributed by atoms with E-state index in [9.17, 15) is 9.59 Å². The predicted molar refractivity (Wildman–Crippen MR) is 94.3 cm³/mol. The Morgan fingerprint density at radius 2 is 1.92 bits per heavy atom. The number of hydrogen-bond donors (Lipinski definition) is 2. The molecule has 0 aliphatic carbocycles. The molecular formula is C19H25N3O2. The van der Waals surface area contributed by atoms with Crippen molar-refractivity contribution < 1.29 is 9.59 Å². The Kier molecular flexibility index (Phi) is 5.00. The van der Waals surface area contributed by atoms with Gasteiger partial charge in [-0.3, -0.25) is 9.69 Å². The van der Waals surface area contributed by atoms with Crippen molar-refractivity contribution in [1.82, 2.24) is 15.5 Å². The number of carbonyl (C=O) groups is 2. The molecule has 2 aliphatic rings. The summed E-state index contributed by atoms with van der Waals surface area (Å²) in [6.07, 6.45) is 6.31. The first kappa shape index (κ1) is 16.7. The molecule has 1 aromatic rings. The molecule has 5 nitrogen and oxygen atoms in total. The molecule has 0 bridgehead atoms. The number of hydrogen-bond acceptors (Lipinski definition) is 3. The van der Waals surface area contributed by atoms with Crippen molar-refractivity contribution in [2.45, 2.75) is 31.7 Å². The molecule has 24 heavy (non-hydrogen) atoms. The molecule has 1 unspecified atom stereocenters. The minimum atomic E-state index is -0.722. The van der Waals surface area contributed by atoms with Crippen molar-refractivity contribution in [3.8, 4) is 0 Å². The van der Waals surface area contributed by atoms with Crippen molar-refractivity contribution in [1.29, 1.82) is 0 Å². The third kappa shape index (κ3) is 3.08. The highest BCUT2D eigenvalue weighted by atomic mass is 16.2. The third-order valence-electron chi connectivity index (χ3n) is 5.19. The van der Waals surface area contributed by atoms with Crippen LogP contribution in [0.4, 0.5) is 4.79 Å². The van der Waals surface area contributed by atoms with E-state index in [1.165, 1.54) is 4.90 Å². The van der Waals surface area contributed by atoms with Crippen molar-refractivity contribution in [2.24, 2.45) is 5.92 Å². The first-order chi connectivity index (χ1) is 11.7. The average molecular weight is 327 g/mol. The van der Waals surface area contributed by atoms with Crippen molar-refractivity contribution in [3.05, 3.63) is 42.0 Å². The molecule has 0 aromatic heterocycles. The van der Waals surface area contributed by atoms with Crippen LogP contribution >= 0.6 is 0 Å². The second kappa shape index (κ2) is 7.18. The molecule has 2 fully saturated rings. The van der Waals surface area contributed by atoms with E-state index in [0.29, 0.717) is 13.0 Å². The van der Waals surface area contributed by atoms with E-state index in [-0.39, 0.29) is 17.9 Å². The molecule has 3 amide bonds. The largest absolute Gasteiger partial charge is 0.325 e. The lowest BCUT2D eigenvalue weighted by atomic mass is 9.76. The Labute approximate surface area is 143 Å². The van der Waals surface area contributed by atoms with Gasteiger partial charge in [0.2, 0.25) is 0 Å². The van der Waals surface area contributed by atoms with Crippen molar-refractivity contribution >= 4 is 18.0 Å². The summed E-state index contributed by atoms with van der Waals surface area (Å²) in [5.41, 5.74) is 0.337. The highest BCUT2D eigenvalue weighted by Crippen LogP contribution is 2.34. The van der Waals surface area contributed by atoms with Gasteiger partial charge in [0.25, 0.3) is 5.91 Å². The molecule has 5 heteroatoms. The van der Waals surface area contributed by atoms with E-state index >= 15 is 0 Å². The first-order valence-corrected chi connectivity index (χ1v) is 8.74. The highest BCUT2D eigenvalue weighted by molar-refractivity contribution is 6.07. The van der Waals surface area contributed by atoms with Gasteiger partial charge < -0.3 is 10.6 Å². The first-order valence-electron chi connectivity index (χ1n) is 8.74. The lowest BCUT2D eigenvalue weighted by Crippen LogP contribution is -2.55. The van der Waals surface area contributed by atoms with Gasteiger partial charge in [0.05, 0.1) is 0 Å². The van der Waals surface area contributed by atoms with Crippen LogP contribution in [-0.4, -0.2) is 42.0 Å². The summed E-state index contributed by atoms with van der Waals surface area (Å²) in [7, 11) is 0. The fraction of sp³-hybridized carbons (Fsp3) is 0.474. The topological polar surface area (TPSA) is 61.4 Å². The maximum atomic E-state index is 13.0. The Morgan fingerprint density at radius 1 is 1.21 bits per heavy atom. The van der Waals surface area contributed by atoms with Gasteiger partial charge in [-0.25, -0.2) is 4.79 Å². The molecule has 2 heterocycles. The molecule has 1 atom stereocenters. The highest BCUT2D eigenvalue weighted by Gasteiger charge is 2.54.